The average molecular weight is 517 g/mol. The molecular weight excluding hydrogens is 480 g/mol. The summed E-state index contributed by atoms with van der Waals surface area (Å²) in [7, 11) is -0.340. The first-order chi connectivity index (χ1) is 17.7. The van der Waals surface area contributed by atoms with Crippen LogP contribution in [0.4, 0.5) is 0 Å². The van der Waals surface area contributed by atoms with Crippen LogP contribution in [0.25, 0.3) is 6.08 Å². The summed E-state index contributed by atoms with van der Waals surface area (Å²) in [4.78, 5) is 25.7. The lowest BCUT2D eigenvalue weighted by atomic mass is 9.92. The van der Waals surface area contributed by atoms with Gasteiger partial charge in [0.2, 0.25) is 0 Å². The maximum atomic E-state index is 12.8. The van der Waals surface area contributed by atoms with Gasteiger partial charge in [0.15, 0.2) is 5.92 Å². The number of benzene rings is 3. The van der Waals surface area contributed by atoms with Crippen molar-refractivity contribution in [2.75, 3.05) is 20.8 Å². The summed E-state index contributed by atoms with van der Waals surface area (Å²) in [6.45, 7) is 6.69. The molecule has 6 heteroatoms. The Morgan fingerprint density at radius 3 is 1.59 bits per heavy atom. The van der Waals surface area contributed by atoms with Crippen LogP contribution >= 0.6 is 0 Å². The quantitative estimate of drug-likeness (QED) is 0.219. The number of esters is 2. The molecule has 1 atom stereocenters. The Bertz CT molecular complexity index is 1110. The van der Waals surface area contributed by atoms with Gasteiger partial charge >= 0.3 is 11.9 Å². The summed E-state index contributed by atoms with van der Waals surface area (Å²) in [5.41, 5.74) is 0.950. The van der Waals surface area contributed by atoms with Crippen molar-refractivity contribution in [3.63, 3.8) is 0 Å². The molecule has 3 aromatic carbocycles. The Morgan fingerprint density at radius 2 is 1.19 bits per heavy atom. The fourth-order valence-corrected chi connectivity index (χ4v) is 9.34. The first-order valence-electron chi connectivity index (χ1n) is 12.4. The average Bonchev–Trinajstić information content (AvgIpc) is 2.92. The molecule has 0 heterocycles. The molecule has 0 saturated heterocycles. The van der Waals surface area contributed by atoms with Crippen LogP contribution in [0, 0.1) is 11.8 Å². The molecule has 0 aromatic heterocycles. The topological polar surface area (TPSA) is 61.8 Å². The Labute approximate surface area is 221 Å². The number of carbonyl (C=O) groups is 2. The highest BCUT2D eigenvalue weighted by atomic mass is 28.4. The molecule has 0 aliphatic carbocycles. The van der Waals surface area contributed by atoms with E-state index in [0.29, 0.717) is 0 Å². The molecule has 1 unspecified atom stereocenters. The highest BCUT2D eigenvalue weighted by molar-refractivity contribution is 6.99. The lowest BCUT2D eigenvalue weighted by Crippen LogP contribution is -2.67. The van der Waals surface area contributed by atoms with E-state index in [1.807, 2.05) is 78.9 Å². The van der Waals surface area contributed by atoms with Crippen LogP contribution in [0.1, 0.15) is 26.3 Å². The van der Waals surface area contributed by atoms with Gasteiger partial charge in [0.25, 0.3) is 8.32 Å². The molecule has 0 radical (unpaired) electrons. The largest absolute Gasteiger partial charge is 0.468 e. The third kappa shape index (κ3) is 6.45. The molecular formula is C31H36O5Si. The summed E-state index contributed by atoms with van der Waals surface area (Å²) < 4.78 is 17.1. The van der Waals surface area contributed by atoms with Crippen LogP contribution in [0.2, 0.25) is 5.04 Å². The zero-order valence-corrected chi connectivity index (χ0v) is 23.2. The maximum absolute atomic E-state index is 12.8. The van der Waals surface area contributed by atoms with Gasteiger partial charge < -0.3 is 13.9 Å². The van der Waals surface area contributed by atoms with Gasteiger partial charge in [0.1, 0.15) is 0 Å². The number of ether oxygens (including phenoxy) is 2. The molecule has 0 fully saturated rings. The van der Waals surface area contributed by atoms with Crippen molar-refractivity contribution in [2.45, 2.75) is 25.8 Å². The van der Waals surface area contributed by atoms with Crippen molar-refractivity contribution in [3.05, 3.63) is 103 Å². The number of methoxy groups -OCH3 is 2. The van der Waals surface area contributed by atoms with Crippen LogP contribution in [-0.2, 0) is 23.5 Å². The van der Waals surface area contributed by atoms with Crippen molar-refractivity contribution in [1.82, 2.24) is 0 Å². The summed E-state index contributed by atoms with van der Waals surface area (Å²) in [6, 6.07) is 30.2. The predicted molar refractivity (Wildman–Crippen MR) is 150 cm³/mol. The zero-order chi connectivity index (χ0) is 26.9. The van der Waals surface area contributed by atoms with E-state index in [1.54, 1.807) is 0 Å². The van der Waals surface area contributed by atoms with Gasteiger partial charge in [-0.1, -0.05) is 124 Å². The predicted octanol–water partition coefficient (Wildman–Crippen LogP) is 4.85. The van der Waals surface area contributed by atoms with Crippen molar-refractivity contribution in [2.24, 2.45) is 11.8 Å². The van der Waals surface area contributed by atoms with E-state index in [4.69, 9.17) is 13.9 Å². The minimum Gasteiger partial charge on any atom is -0.468 e. The summed E-state index contributed by atoms with van der Waals surface area (Å²) in [6.07, 6.45) is 3.75. The second-order valence-electron chi connectivity index (χ2n) is 9.93. The molecule has 0 amide bonds. The SMILES string of the molecule is COC(=O)C(C(=O)OC)C(/C=C/c1ccccc1)CO[Si](c1ccccc1)(c1ccccc1)C(C)(C)C. The van der Waals surface area contributed by atoms with Gasteiger partial charge in [0, 0.05) is 12.5 Å². The molecule has 37 heavy (non-hydrogen) atoms. The van der Waals surface area contributed by atoms with Crippen LogP contribution in [0.5, 0.6) is 0 Å². The lowest BCUT2D eigenvalue weighted by Gasteiger charge is -2.43. The summed E-state index contributed by atoms with van der Waals surface area (Å²) in [5, 5.41) is 1.98. The second-order valence-corrected chi connectivity index (χ2v) is 14.2. The first kappa shape index (κ1) is 28.1. The van der Waals surface area contributed by atoms with E-state index in [-0.39, 0.29) is 11.6 Å². The van der Waals surface area contributed by atoms with Crippen LogP contribution < -0.4 is 10.4 Å². The Balaban J connectivity index is 2.12. The van der Waals surface area contributed by atoms with Gasteiger partial charge in [-0.2, -0.15) is 0 Å². The number of rotatable bonds is 10. The van der Waals surface area contributed by atoms with Crippen molar-refractivity contribution in [3.8, 4) is 0 Å². The molecule has 3 rings (SSSR count). The summed E-state index contributed by atoms with van der Waals surface area (Å²) in [5.74, 6) is -3.07. The van der Waals surface area contributed by atoms with Crippen molar-refractivity contribution < 1.29 is 23.5 Å². The third-order valence-electron chi connectivity index (χ3n) is 6.58. The second kappa shape index (κ2) is 12.7. The Hall–Kier alpha value is -3.48. The summed E-state index contributed by atoms with van der Waals surface area (Å²) >= 11 is 0. The van der Waals surface area contributed by atoms with Crippen LogP contribution in [0.15, 0.2) is 97.1 Å². The van der Waals surface area contributed by atoms with E-state index < -0.39 is 32.1 Å². The standard InChI is InChI=1S/C31H36O5Si/c1-31(2,3)37(26-17-11-7-12-18-26,27-19-13-8-14-20-27)36-23-25(22-21-24-15-9-6-10-16-24)28(29(32)34-4)30(33)35-5/h6-22,25,28H,23H2,1-5H3/b22-21+. The number of carbonyl (C=O) groups excluding carboxylic acids is 2. The van der Waals surface area contributed by atoms with E-state index in [2.05, 4.69) is 45.0 Å². The van der Waals surface area contributed by atoms with Gasteiger partial charge in [0.05, 0.1) is 14.2 Å². The van der Waals surface area contributed by atoms with Gasteiger partial charge in [-0.3, -0.25) is 9.59 Å². The highest BCUT2D eigenvalue weighted by Crippen LogP contribution is 2.37. The normalized spacial score (nSPS) is 12.9. The smallest absolute Gasteiger partial charge is 0.320 e. The molecule has 0 saturated carbocycles. The molecule has 0 N–H and O–H groups in total. The van der Waals surface area contributed by atoms with Gasteiger partial charge in [-0.15, -0.1) is 0 Å². The van der Waals surface area contributed by atoms with Gasteiger partial charge in [-0.25, -0.2) is 0 Å². The zero-order valence-electron chi connectivity index (χ0n) is 22.2. The van der Waals surface area contributed by atoms with E-state index in [9.17, 15) is 9.59 Å². The fraction of sp³-hybridized carbons (Fsp3) is 0.290. The minimum absolute atomic E-state index is 0.130. The monoisotopic (exact) mass is 516 g/mol. The molecule has 3 aromatic rings. The molecule has 0 bridgehead atoms. The molecule has 5 nitrogen and oxygen atoms in total. The number of hydrogen-bond donors (Lipinski definition) is 0. The molecule has 0 spiro atoms. The minimum atomic E-state index is -2.89. The van der Waals surface area contributed by atoms with Gasteiger partial charge in [-0.05, 0) is 21.0 Å². The molecule has 0 aliphatic heterocycles. The lowest BCUT2D eigenvalue weighted by molar-refractivity contribution is -0.161. The van der Waals surface area contributed by atoms with Crippen LogP contribution in [-0.4, -0.2) is 41.1 Å². The maximum Gasteiger partial charge on any atom is 0.320 e. The van der Waals surface area contributed by atoms with E-state index in [1.165, 1.54) is 14.2 Å². The Morgan fingerprint density at radius 1 is 0.757 bits per heavy atom. The van der Waals surface area contributed by atoms with E-state index >= 15 is 0 Å². The fourth-order valence-electron chi connectivity index (χ4n) is 4.74. The van der Waals surface area contributed by atoms with Crippen LogP contribution in [0.3, 0.4) is 0 Å². The number of hydrogen-bond acceptors (Lipinski definition) is 5. The first-order valence-corrected chi connectivity index (χ1v) is 14.3. The Kier molecular flexibility index (Phi) is 9.61. The van der Waals surface area contributed by atoms with Crippen molar-refractivity contribution >= 4 is 36.7 Å². The molecule has 194 valence electrons. The highest BCUT2D eigenvalue weighted by Gasteiger charge is 2.51. The van der Waals surface area contributed by atoms with Crippen molar-refractivity contribution in [1.29, 1.82) is 0 Å². The third-order valence-corrected chi connectivity index (χ3v) is 11.6. The van der Waals surface area contributed by atoms with E-state index in [0.717, 1.165) is 15.9 Å². The molecule has 0 aliphatic rings.